The van der Waals surface area contributed by atoms with E-state index in [4.69, 9.17) is 14.6 Å². The lowest BCUT2D eigenvalue weighted by Crippen LogP contribution is -2.22. The van der Waals surface area contributed by atoms with Crippen LogP contribution in [0.1, 0.15) is 41.5 Å². The quantitative estimate of drug-likeness (QED) is 0.311. The third kappa shape index (κ3) is 4.89. The van der Waals surface area contributed by atoms with Crippen LogP contribution in [0.2, 0.25) is 0 Å². The van der Waals surface area contributed by atoms with Crippen molar-refractivity contribution in [2.75, 3.05) is 0 Å². The summed E-state index contributed by atoms with van der Waals surface area (Å²) in [5.74, 6) is 1.16. The van der Waals surface area contributed by atoms with E-state index in [-0.39, 0.29) is 11.5 Å². The van der Waals surface area contributed by atoms with E-state index in [1.165, 1.54) is 6.92 Å². The van der Waals surface area contributed by atoms with Gasteiger partial charge in [0.2, 0.25) is 0 Å². The van der Waals surface area contributed by atoms with Gasteiger partial charge in [-0.1, -0.05) is 54.6 Å². The fourth-order valence-corrected chi connectivity index (χ4v) is 4.65. The van der Waals surface area contributed by atoms with Gasteiger partial charge in [0, 0.05) is 35.9 Å². The summed E-state index contributed by atoms with van der Waals surface area (Å²) >= 11 is 0. The summed E-state index contributed by atoms with van der Waals surface area (Å²) in [5.41, 5.74) is 4.18. The summed E-state index contributed by atoms with van der Waals surface area (Å²) < 4.78 is 13.4. The van der Waals surface area contributed by atoms with Crippen molar-refractivity contribution in [1.82, 2.24) is 4.57 Å². The van der Waals surface area contributed by atoms with Gasteiger partial charge in [-0.05, 0) is 55.2 Å². The van der Waals surface area contributed by atoms with Crippen molar-refractivity contribution in [2.45, 2.75) is 38.3 Å². The molecule has 1 atom stereocenters. The molecule has 5 rings (SSSR count). The number of aliphatic carboxylic acids is 1. The van der Waals surface area contributed by atoms with Crippen LogP contribution in [0.4, 0.5) is 0 Å². The molecule has 0 radical (unpaired) electrons. The van der Waals surface area contributed by atoms with E-state index in [0.29, 0.717) is 12.3 Å². The number of pyridine rings is 1. The Labute approximate surface area is 209 Å². The van der Waals surface area contributed by atoms with E-state index in [0.717, 1.165) is 46.6 Å². The van der Waals surface area contributed by atoms with Crippen LogP contribution in [0.15, 0.2) is 95.9 Å². The van der Waals surface area contributed by atoms with E-state index in [1.54, 1.807) is 16.7 Å². The van der Waals surface area contributed by atoms with E-state index in [1.807, 2.05) is 66.9 Å². The molecule has 36 heavy (non-hydrogen) atoms. The number of carboxylic acids is 1. The monoisotopic (exact) mass is 481 g/mol. The molecule has 0 saturated heterocycles. The molecule has 0 amide bonds. The number of para-hydroxylation sites is 2. The minimum absolute atomic E-state index is 0.0249. The Morgan fingerprint density at radius 1 is 0.972 bits per heavy atom. The molecule has 1 N–H and O–H groups in total. The van der Waals surface area contributed by atoms with Crippen LogP contribution in [-0.2, 0) is 17.8 Å². The SMILES string of the molecule is C[C@H](Oc1cccc(CCCn2cc(C3c4ccccc4Oc4ccccc43)ccc2=O)c1)C(=O)O. The van der Waals surface area contributed by atoms with Crippen LogP contribution in [0, 0.1) is 0 Å². The number of carbonyl (C=O) groups is 1. The van der Waals surface area contributed by atoms with Gasteiger partial charge in [-0.25, -0.2) is 4.79 Å². The summed E-state index contributed by atoms with van der Waals surface area (Å²) in [6.45, 7) is 2.07. The fourth-order valence-electron chi connectivity index (χ4n) is 4.65. The zero-order valence-corrected chi connectivity index (χ0v) is 20.0. The molecule has 0 bridgehead atoms. The first-order valence-electron chi connectivity index (χ1n) is 12.0. The van der Waals surface area contributed by atoms with Crippen molar-refractivity contribution in [1.29, 1.82) is 0 Å². The minimum Gasteiger partial charge on any atom is -0.479 e. The Bertz CT molecular complexity index is 1410. The molecule has 0 fully saturated rings. The number of rotatable bonds is 8. The molecule has 6 nitrogen and oxygen atoms in total. The van der Waals surface area contributed by atoms with Crippen LogP contribution < -0.4 is 15.0 Å². The second-order valence-electron chi connectivity index (χ2n) is 8.95. The van der Waals surface area contributed by atoms with Gasteiger partial charge < -0.3 is 19.1 Å². The molecular weight excluding hydrogens is 454 g/mol. The van der Waals surface area contributed by atoms with E-state index >= 15 is 0 Å². The van der Waals surface area contributed by atoms with Crippen LogP contribution >= 0.6 is 0 Å². The molecule has 0 saturated carbocycles. The Kier molecular flexibility index (Phi) is 6.58. The zero-order chi connectivity index (χ0) is 25.1. The Balaban J connectivity index is 1.35. The van der Waals surface area contributed by atoms with Gasteiger partial charge in [-0.2, -0.15) is 0 Å². The highest BCUT2D eigenvalue weighted by molar-refractivity contribution is 5.72. The molecule has 6 heteroatoms. The number of carboxylic acid groups (broad SMARTS) is 1. The lowest BCUT2D eigenvalue weighted by atomic mass is 9.83. The van der Waals surface area contributed by atoms with Gasteiger partial charge in [0.25, 0.3) is 5.56 Å². The normalized spacial score (nSPS) is 13.2. The number of hydrogen-bond acceptors (Lipinski definition) is 4. The van der Waals surface area contributed by atoms with Crippen LogP contribution in [0.25, 0.3) is 0 Å². The van der Waals surface area contributed by atoms with Crippen molar-refractivity contribution in [2.24, 2.45) is 0 Å². The number of benzene rings is 3. The lowest BCUT2D eigenvalue weighted by molar-refractivity contribution is -0.144. The van der Waals surface area contributed by atoms with E-state index in [9.17, 15) is 9.59 Å². The smallest absolute Gasteiger partial charge is 0.344 e. The standard InChI is InChI=1S/C30H27NO5/c1-20(30(33)34)35-23-10-6-8-21(18-23)9-7-17-31-19-22(15-16-28(31)32)29-24-11-2-4-13-26(24)36-27-14-5-3-12-25(27)29/h2-6,8,10-16,18-20,29H,7,9,17H2,1H3,(H,33,34)/t20-/m0/s1. The molecule has 0 spiro atoms. The van der Waals surface area contributed by atoms with E-state index in [2.05, 4.69) is 12.1 Å². The highest BCUT2D eigenvalue weighted by Gasteiger charge is 2.28. The molecule has 1 aliphatic rings. The number of aromatic nitrogens is 1. The first kappa shape index (κ1) is 23.4. The van der Waals surface area contributed by atoms with Gasteiger partial charge >= 0.3 is 5.97 Å². The summed E-state index contributed by atoms with van der Waals surface area (Å²) in [5, 5.41) is 9.07. The van der Waals surface area contributed by atoms with Crippen molar-refractivity contribution in [3.05, 3.63) is 124 Å². The Hall–Kier alpha value is -4.32. The molecule has 3 aromatic carbocycles. The predicted octanol–water partition coefficient (Wildman–Crippen LogP) is 5.62. The molecule has 4 aromatic rings. The van der Waals surface area contributed by atoms with Crippen molar-refractivity contribution < 1.29 is 19.4 Å². The number of hydrogen-bond donors (Lipinski definition) is 1. The van der Waals surface area contributed by atoms with Gasteiger partial charge in [-0.3, -0.25) is 4.79 Å². The largest absolute Gasteiger partial charge is 0.479 e. The maximum atomic E-state index is 12.7. The van der Waals surface area contributed by atoms with Gasteiger partial charge in [-0.15, -0.1) is 0 Å². The number of nitrogens with zero attached hydrogens (tertiary/aromatic N) is 1. The summed E-state index contributed by atoms with van der Waals surface area (Å²) in [6.07, 6.45) is 2.53. The van der Waals surface area contributed by atoms with Gasteiger partial charge in [0.15, 0.2) is 6.10 Å². The predicted molar refractivity (Wildman–Crippen MR) is 137 cm³/mol. The second-order valence-corrected chi connectivity index (χ2v) is 8.95. The Morgan fingerprint density at radius 3 is 2.36 bits per heavy atom. The number of aryl methyl sites for hydroxylation is 2. The van der Waals surface area contributed by atoms with Crippen LogP contribution in [0.3, 0.4) is 0 Å². The highest BCUT2D eigenvalue weighted by atomic mass is 16.5. The zero-order valence-electron chi connectivity index (χ0n) is 20.0. The molecule has 182 valence electrons. The average molecular weight is 482 g/mol. The third-order valence-corrected chi connectivity index (χ3v) is 6.44. The molecule has 2 heterocycles. The van der Waals surface area contributed by atoms with Crippen LogP contribution in [0.5, 0.6) is 17.2 Å². The Morgan fingerprint density at radius 2 is 1.67 bits per heavy atom. The van der Waals surface area contributed by atoms with Gasteiger partial charge in [0.1, 0.15) is 17.2 Å². The number of fused-ring (bicyclic) bond motifs is 2. The maximum absolute atomic E-state index is 12.7. The average Bonchev–Trinajstić information content (AvgIpc) is 2.88. The van der Waals surface area contributed by atoms with Crippen molar-refractivity contribution in [3.8, 4) is 17.2 Å². The molecule has 1 aromatic heterocycles. The number of ether oxygens (including phenoxy) is 2. The first-order chi connectivity index (χ1) is 17.5. The molecule has 1 aliphatic heterocycles. The highest BCUT2D eigenvalue weighted by Crippen LogP contribution is 2.46. The topological polar surface area (TPSA) is 77.8 Å². The molecule has 0 unspecified atom stereocenters. The first-order valence-corrected chi connectivity index (χ1v) is 12.0. The second kappa shape index (κ2) is 10.1. The lowest BCUT2D eigenvalue weighted by Gasteiger charge is -2.28. The molecular formula is C30H27NO5. The fraction of sp³-hybridized carbons (Fsp3) is 0.200. The van der Waals surface area contributed by atoms with Gasteiger partial charge in [0.05, 0.1) is 0 Å². The van der Waals surface area contributed by atoms with E-state index < -0.39 is 12.1 Å². The minimum atomic E-state index is -1.01. The summed E-state index contributed by atoms with van der Waals surface area (Å²) in [6, 6.07) is 27.0. The summed E-state index contributed by atoms with van der Waals surface area (Å²) in [7, 11) is 0. The summed E-state index contributed by atoms with van der Waals surface area (Å²) in [4.78, 5) is 23.8. The van der Waals surface area contributed by atoms with Crippen molar-refractivity contribution in [3.63, 3.8) is 0 Å². The maximum Gasteiger partial charge on any atom is 0.344 e. The molecule has 0 aliphatic carbocycles. The van der Waals surface area contributed by atoms with Crippen molar-refractivity contribution >= 4 is 5.97 Å². The van der Waals surface area contributed by atoms with Crippen LogP contribution in [-0.4, -0.2) is 21.7 Å². The third-order valence-electron chi connectivity index (χ3n) is 6.44.